The van der Waals surface area contributed by atoms with E-state index < -0.39 is 0 Å². The predicted molar refractivity (Wildman–Crippen MR) is 66.2 cm³/mol. The number of nitrogens with one attached hydrogen (secondary N) is 1. The fourth-order valence-electron chi connectivity index (χ4n) is 1.84. The Morgan fingerprint density at radius 3 is 3.14 bits per heavy atom. The molecule has 0 bridgehead atoms. The fourth-order valence-corrected chi connectivity index (χ4v) is 3.68. The summed E-state index contributed by atoms with van der Waals surface area (Å²) in [6, 6.07) is 3.46. The first-order valence-electron chi connectivity index (χ1n) is 5.22. The molecule has 0 spiro atoms. The van der Waals surface area contributed by atoms with Gasteiger partial charge in [-0.2, -0.15) is 23.1 Å². The van der Waals surface area contributed by atoms with Crippen molar-refractivity contribution in [3.63, 3.8) is 0 Å². The van der Waals surface area contributed by atoms with E-state index in [0.29, 0.717) is 6.04 Å². The van der Waals surface area contributed by atoms with Crippen molar-refractivity contribution in [2.75, 3.05) is 11.5 Å². The topological polar surface area (TPSA) is 12.0 Å². The molecule has 2 heterocycles. The molecule has 0 aliphatic carbocycles. The second-order valence-electron chi connectivity index (χ2n) is 3.86. The molecule has 1 aromatic heterocycles. The first-order chi connectivity index (χ1) is 6.86. The van der Waals surface area contributed by atoms with Crippen LogP contribution in [0, 0.1) is 0 Å². The largest absolute Gasteiger partial charge is 0.307 e. The molecule has 0 radical (unpaired) electrons. The maximum atomic E-state index is 3.71. The highest BCUT2D eigenvalue weighted by molar-refractivity contribution is 7.99. The molecule has 0 aromatic carbocycles. The van der Waals surface area contributed by atoms with Crippen molar-refractivity contribution in [1.82, 2.24) is 5.32 Å². The average Bonchev–Trinajstić information content (AvgIpc) is 2.72. The van der Waals surface area contributed by atoms with E-state index >= 15 is 0 Å². The molecule has 1 aliphatic rings. The van der Waals surface area contributed by atoms with E-state index in [-0.39, 0.29) is 0 Å². The van der Waals surface area contributed by atoms with Gasteiger partial charge in [0.1, 0.15) is 0 Å². The molecule has 1 saturated heterocycles. The number of thiophene rings is 1. The summed E-state index contributed by atoms with van der Waals surface area (Å²) in [5.41, 5.74) is 1.44. The maximum absolute atomic E-state index is 3.71. The van der Waals surface area contributed by atoms with Gasteiger partial charge in [0.25, 0.3) is 0 Å². The SMILES string of the molecule is CC(NC1CCCSC1)c1ccsc1. The average molecular weight is 227 g/mol. The first kappa shape index (κ1) is 10.5. The van der Waals surface area contributed by atoms with Crippen LogP contribution >= 0.6 is 23.1 Å². The third kappa shape index (κ3) is 2.75. The normalized spacial score (nSPS) is 24.8. The van der Waals surface area contributed by atoms with E-state index in [1.165, 1.54) is 29.9 Å². The summed E-state index contributed by atoms with van der Waals surface area (Å²) in [7, 11) is 0. The van der Waals surface area contributed by atoms with E-state index in [4.69, 9.17) is 0 Å². The molecular formula is C11H17NS2. The summed E-state index contributed by atoms with van der Waals surface area (Å²) >= 11 is 3.87. The van der Waals surface area contributed by atoms with Crippen LogP contribution in [0.3, 0.4) is 0 Å². The molecular weight excluding hydrogens is 210 g/mol. The van der Waals surface area contributed by atoms with Crippen LogP contribution in [0.4, 0.5) is 0 Å². The van der Waals surface area contributed by atoms with Crippen LogP contribution in [0.5, 0.6) is 0 Å². The van der Waals surface area contributed by atoms with Gasteiger partial charge in [0.2, 0.25) is 0 Å². The quantitative estimate of drug-likeness (QED) is 0.850. The van der Waals surface area contributed by atoms with Crippen molar-refractivity contribution in [3.05, 3.63) is 22.4 Å². The van der Waals surface area contributed by atoms with Crippen molar-refractivity contribution >= 4 is 23.1 Å². The number of thioether (sulfide) groups is 1. The lowest BCUT2D eigenvalue weighted by atomic mass is 10.1. The molecule has 2 atom stereocenters. The van der Waals surface area contributed by atoms with Gasteiger partial charge in [-0.1, -0.05) is 0 Å². The van der Waals surface area contributed by atoms with E-state index in [1.807, 2.05) is 0 Å². The van der Waals surface area contributed by atoms with Crippen LogP contribution in [0.1, 0.15) is 31.4 Å². The summed E-state index contributed by atoms with van der Waals surface area (Å²) < 4.78 is 0. The van der Waals surface area contributed by atoms with Gasteiger partial charge in [0.05, 0.1) is 0 Å². The molecule has 3 heteroatoms. The second kappa shape index (κ2) is 5.19. The van der Waals surface area contributed by atoms with Gasteiger partial charge in [-0.25, -0.2) is 0 Å². The molecule has 2 unspecified atom stereocenters. The minimum atomic E-state index is 0.518. The Hall–Kier alpha value is 0.01000. The molecule has 1 nitrogen and oxygen atoms in total. The summed E-state index contributed by atoms with van der Waals surface area (Å²) in [6.45, 7) is 2.27. The van der Waals surface area contributed by atoms with E-state index in [9.17, 15) is 0 Å². The Bertz CT molecular complexity index is 252. The first-order valence-corrected chi connectivity index (χ1v) is 7.32. The summed E-state index contributed by atoms with van der Waals surface area (Å²) in [5.74, 6) is 2.64. The van der Waals surface area contributed by atoms with Crippen molar-refractivity contribution in [2.45, 2.75) is 31.8 Å². The molecule has 0 saturated carbocycles. The van der Waals surface area contributed by atoms with E-state index in [1.54, 1.807) is 11.3 Å². The van der Waals surface area contributed by atoms with Crippen molar-refractivity contribution < 1.29 is 0 Å². The lowest BCUT2D eigenvalue weighted by Gasteiger charge is -2.26. The zero-order valence-corrected chi connectivity index (χ0v) is 10.2. The molecule has 2 rings (SSSR count). The Morgan fingerprint density at radius 2 is 2.50 bits per heavy atom. The van der Waals surface area contributed by atoms with Gasteiger partial charge in [-0.3, -0.25) is 0 Å². The molecule has 78 valence electrons. The Kier molecular flexibility index (Phi) is 3.90. The predicted octanol–water partition coefficient (Wildman–Crippen LogP) is 3.29. The fraction of sp³-hybridized carbons (Fsp3) is 0.636. The molecule has 1 aliphatic heterocycles. The Balaban J connectivity index is 1.84. The smallest absolute Gasteiger partial charge is 0.0302 e. The summed E-state index contributed by atoms with van der Waals surface area (Å²) in [6.07, 6.45) is 2.72. The minimum absolute atomic E-state index is 0.518. The van der Waals surface area contributed by atoms with Crippen LogP contribution in [-0.2, 0) is 0 Å². The van der Waals surface area contributed by atoms with Crippen LogP contribution in [-0.4, -0.2) is 17.5 Å². The minimum Gasteiger partial charge on any atom is -0.307 e. The molecule has 1 N–H and O–H groups in total. The van der Waals surface area contributed by atoms with Crippen LogP contribution in [0.15, 0.2) is 16.8 Å². The van der Waals surface area contributed by atoms with Crippen molar-refractivity contribution in [3.8, 4) is 0 Å². The third-order valence-corrected chi connectivity index (χ3v) is 4.61. The van der Waals surface area contributed by atoms with Crippen LogP contribution in [0.25, 0.3) is 0 Å². The lowest BCUT2D eigenvalue weighted by Crippen LogP contribution is -2.35. The highest BCUT2D eigenvalue weighted by atomic mass is 32.2. The number of hydrogen-bond acceptors (Lipinski definition) is 3. The summed E-state index contributed by atoms with van der Waals surface area (Å²) in [4.78, 5) is 0. The third-order valence-electron chi connectivity index (χ3n) is 2.69. The van der Waals surface area contributed by atoms with Gasteiger partial charge >= 0.3 is 0 Å². The lowest BCUT2D eigenvalue weighted by molar-refractivity contribution is 0.453. The molecule has 1 fully saturated rings. The van der Waals surface area contributed by atoms with E-state index in [0.717, 1.165) is 6.04 Å². The maximum Gasteiger partial charge on any atom is 0.0302 e. The zero-order valence-electron chi connectivity index (χ0n) is 8.53. The number of hydrogen-bond donors (Lipinski definition) is 1. The second-order valence-corrected chi connectivity index (χ2v) is 5.79. The summed E-state index contributed by atoms with van der Waals surface area (Å²) in [5, 5.41) is 8.11. The Labute approximate surface area is 94.3 Å². The highest BCUT2D eigenvalue weighted by Crippen LogP contribution is 2.21. The number of rotatable bonds is 3. The zero-order chi connectivity index (χ0) is 9.80. The van der Waals surface area contributed by atoms with Gasteiger partial charge in [0, 0.05) is 17.8 Å². The highest BCUT2D eigenvalue weighted by Gasteiger charge is 2.16. The van der Waals surface area contributed by atoms with Crippen molar-refractivity contribution in [2.24, 2.45) is 0 Å². The van der Waals surface area contributed by atoms with Crippen LogP contribution in [0.2, 0.25) is 0 Å². The van der Waals surface area contributed by atoms with Crippen LogP contribution < -0.4 is 5.32 Å². The van der Waals surface area contributed by atoms with Crippen molar-refractivity contribution in [1.29, 1.82) is 0 Å². The van der Waals surface area contributed by atoms with Gasteiger partial charge in [-0.05, 0) is 47.9 Å². The Morgan fingerprint density at radius 1 is 1.57 bits per heavy atom. The molecule has 1 aromatic rings. The standard InChI is InChI=1S/C11H17NS2/c1-9(10-4-6-14-7-10)12-11-3-2-5-13-8-11/h4,6-7,9,11-12H,2-3,5,8H2,1H3. The van der Waals surface area contributed by atoms with Gasteiger partial charge in [-0.15, -0.1) is 0 Å². The van der Waals surface area contributed by atoms with Gasteiger partial charge in [0.15, 0.2) is 0 Å². The monoisotopic (exact) mass is 227 g/mol. The van der Waals surface area contributed by atoms with Gasteiger partial charge < -0.3 is 5.32 Å². The van der Waals surface area contributed by atoms with E-state index in [2.05, 4.69) is 40.8 Å². The molecule has 0 amide bonds. The molecule has 14 heavy (non-hydrogen) atoms.